The van der Waals surface area contributed by atoms with E-state index in [0.717, 1.165) is 53.2 Å². The quantitative estimate of drug-likeness (QED) is 0.686. The number of anilines is 1. The second kappa shape index (κ2) is 6.54. The first-order valence-electron chi connectivity index (χ1n) is 8.58. The normalized spacial score (nSPS) is 17.4. The molecular formula is C19H20N6. The number of rotatable bonds is 3. The summed E-state index contributed by atoms with van der Waals surface area (Å²) >= 11 is 0. The Kier molecular flexibility index (Phi) is 4.08. The van der Waals surface area contributed by atoms with E-state index in [9.17, 15) is 5.26 Å². The zero-order valence-electron chi connectivity index (χ0n) is 14.1. The fourth-order valence-electron chi connectivity index (χ4n) is 3.40. The number of hydrogen-bond acceptors (Lipinski definition) is 5. The minimum absolute atomic E-state index is 0.385. The predicted molar refractivity (Wildman–Crippen MR) is 98.3 cm³/mol. The second-order valence-electron chi connectivity index (χ2n) is 6.41. The van der Waals surface area contributed by atoms with Gasteiger partial charge < -0.3 is 15.6 Å². The van der Waals surface area contributed by atoms with E-state index in [1.807, 2.05) is 31.2 Å². The van der Waals surface area contributed by atoms with Crippen molar-refractivity contribution in [2.24, 2.45) is 0 Å². The number of aromatic nitrogens is 3. The first-order chi connectivity index (χ1) is 12.3. The molecule has 1 aliphatic rings. The number of benzene rings is 1. The lowest BCUT2D eigenvalue weighted by molar-refractivity contribution is 0.478. The Labute approximate surface area is 146 Å². The maximum atomic E-state index is 9.47. The van der Waals surface area contributed by atoms with Gasteiger partial charge in [0.05, 0.1) is 17.6 Å². The van der Waals surface area contributed by atoms with Gasteiger partial charge in [0.15, 0.2) is 0 Å². The number of nitriles is 1. The predicted octanol–water partition coefficient (Wildman–Crippen LogP) is 2.97. The van der Waals surface area contributed by atoms with Gasteiger partial charge in [-0.2, -0.15) is 5.26 Å². The molecule has 3 heterocycles. The molecule has 0 bridgehead atoms. The van der Waals surface area contributed by atoms with Crippen LogP contribution in [0.3, 0.4) is 0 Å². The van der Waals surface area contributed by atoms with Crippen molar-refractivity contribution in [3.63, 3.8) is 0 Å². The summed E-state index contributed by atoms with van der Waals surface area (Å²) in [6.07, 6.45) is 4.06. The fraction of sp³-hybridized carbons (Fsp3) is 0.316. The minimum Gasteiger partial charge on any atom is -0.365 e. The number of hydrogen-bond donors (Lipinski definition) is 3. The first kappa shape index (κ1) is 15.6. The zero-order valence-corrected chi connectivity index (χ0v) is 14.1. The van der Waals surface area contributed by atoms with Gasteiger partial charge in [-0.05, 0) is 32.4 Å². The average Bonchev–Trinajstić information content (AvgIpc) is 3.03. The highest BCUT2D eigenvalue weighted by Gasteiger charge is 2.18. The van der Waals surface area contributed by atoms with Crippen molar-refractivity contribution in [3.05, 3.63) is 41.9 Å². The third kappa shape index (κ3) is 2.94. The van der Waals surface area contributed by atoms with Crippen LogP contribution in [-0.4, -0.2) is 34.1 Å². The van der Waals surface area contributed by atoms with Crippen LogP contribution in [0.4, 0.5) is 5.82 Å². The Bertz CT molecular complexity index is 946. The third-order valence-corrected chi connectivity index (χ3v) is 4.66. The summed E-state index contributed by atoms with van der Waals surface area (Å²) in [4.78, 5) is 12.5. The van der Waals surface area contributed by atoms with E-state index >= 15 is 0 Å². The summed E-state index contributed by atoms with van der Waals surface area (Å²) in [7, 11) is 0. The van der Waals surface area contributed by atoms with E-state index < -0.39 is 0 Å². The van der Waals surface area contributed by atoms with Gasteiger partial charge in [-0.15, -0.1) is 0 Å². The van der Waals surface area contributed by atoms with Gasteiger partial charge in [0.2, 0.25) is 0 Å². The van der Waals surface area contributed by atoms with Gasteiger partial charge in [0.1, 0.15) is 17.6 Å². The van der Waals surface area contributed by atoms with Crippen molar-refractivity contribution in [1.82, 2.24) is 20.3 Å². The van der Waals surface area contributed by atoms with Crippen molar-refractivity contribution in [2.45, 2.75) is 25.8 Å². The Morgan fingerprint density at radius 3 is 2.96 bits per heavy atom. The molecule has 6 nitrogen and oxygen atoms in total. The van der Waals surface area contributed by atoms with Crippen LogP contribution < -0.4 is 10.6 Å². The number of aromatic amines is 1. The van der Waals surface area contributed by atoms with Crippen LogP contribution in [0.5, 0.6) is 0 Å². The van der Waals surface area contributed by atoms with Crippen LogP contribution in [0.2, 0.25) is 0 Å². The van der Waals surface area contributed by atoms with Gasteiger partial charge in [-0.3, -0.25) is 0 Å². The molecule has 4 rings (SSSR count). The van der Waals surface area contributed by atoms with Gasteiger partial charge in [0.25, 0.3) is 0 Å². The number of nitrogens with one attached hydrogen (secondary N) is 3. The highest BCUT2D eigenvalue weighted by atomic mass is 15.1. The summed E-state index contributed by atoms with van der Waals surface area (Å²) in [5, 5.41) is 17.3. The van der Waals surface area contributed by atoms with Gasteiger partial charge >= 0.3 is 0 Å². The van der Waals surface area contributed by atoms with Gasteiger partial charge in [-0.25, -0.2) is 9.97 Å². The van der Waals surface area contributed by atoms with Crippen molar-refractivity contribution < 1.29 is 0 Å². The topological polar surface area (TPSA) is 89.4 Å². The first-order valence-corrected chi connectivity index (χ1v) is 8.58. The van der Waals surface area contributed by atoms with Gasteiger partial charge in [0, 0.05) is 29.1 Å². The highest BCUT2D eigenvalue weighted by Crippen LogP contribution is 2.31. The summed E-state index contributed by atoms with van der Waals surface area (Å²) < 4.78 is 0. The van der Waals surface area contributed by atoms with E-state index in [2.05, 4.69) is 26.7 Å². The maximum absolute atomic E-state index is 9.47. The highest BCUT2D eigenvalue weighted by molar-refractivity contribution is 5.97. The summed E-state index contributed by atoms with van der Waals surface area (Å²) in [5.74, 6) is 0.816. The summed E-state index contributed by atoms with van der Waals surface area (Å²) in [6.45, 7) is 3.99. The third-order valence-electron chi connectivity index (χ3n) is 4.66. The number of nitrogens with zero attached hydrogens (tertiary/aromatic N) is 3. The molecule has 1 fully saturated rings. The van der Waals surface area contributed by atoms with E-state index in [0.29, 0.717) is 11.7 Å². The largest absolute Gasteiger partial charge is 0.365 e. The number of aryl methyl sites for hydroxylation is 1. The molecule has 1 unspecified atom stereocenters. The van der Waals surface area contributed by atoms with Crippen LogP contribution in [0, 0.1) is 18.3 Å². The number of H-pyrrole nitrogens is 1. The number of fused-ring (bicyclic) bond motifs is 1. The molecule has 1 saturated heterocycles. The molecule has 25 heavy (non-hydrogen) atoms. The minimum atomic E-state index is 0.385. The van der Waals surface area contributed by atoms with Crippen LogP contribution >= 0.6 is 0 Å². The average molecular weight is 332 g/mol. The maximum Gasteiger partial charge on any atom is 0.147 e. The molecule has 1 aromatic carbocycles. The number of para-hydroxylation sites is 1. The van der Waals surface area contributed by atoms with Crippen molar-refractivity contribution >= 4 is 16.7 Å². The zero-order chi connectivity index (χ0) is 17.2. The van der Waals surface area contributed by atoms with E-state index in [1.165, 1.54) is 6.42 Å². The lowest BCUT2D eigenvalue weighted by Crippen LogP contribution is -2.38. The van der Waals surface area contributed by atoms with Crippen molar-refractivity contribution in [1.29, 1.82) is 5.26 Å². The van der Waals surface area contributed by atoms with Gasteiger partial charge in [-0.1, -0.05) is 18.2 Å². The fourth-order valence-corrected chi connectivity index (χ4v) is 3.40. The molecule has 0 amide bonds. The standard InChI is InChI=1S/C19H20N6/c1-12-19(24-13-5-4-8-21-10-13)22-11-17(23-12)18-14-6-2-3-7-15(14)25-16(18)9-20/h2-3,6-7,11,13,21,25H,4-5,8,10H2,1H3,(H,22,24). The molecule has 0 spiro atoms. The Morgan fingerprint density at radius 1 is 1.32 bits per heavy atom. The second-order valence-corrected chi connectivity index (χ2v) is 6.41. The lowest BCUT2D eigenvalue weighted by Gasteiger charge is -2.24. The Morgan fingerprint density at radius 2 is 2.20 bits per heavy atom. The number of piperidine rings is 1. The molecule has 3 N–H and O–H groups in total. The van der Waals surface area contributed by atoms with Crippen molar-refractivity contribution in [3.8, 4) is 17.3 Å². The molecule has 6 heteroatoms. The van der Waals surface area contributed by atoms with E-state index in [4.69, 9.17) is 4.98 Å². The molecule has 0 aliphatic carbocycles. The smallest absolute Gasteiger partial charge is 0.147 e. The molecule has 1 aliphatic heterocycles. The molecule has 1 atom stereocenters. The van der Waals surface area contributed by atoms with E-state index in [1.54, 1.807) is 6.20 Å². The summed E-state index contributed by atoms with van der Waals surface area (Å²) in [6, 6.07) is 10.5. The van der Waals surface area contributed by atoms with Crippen molar-refractivity contribution in [2.75, 3.05) is 18.4 Å². The summed E-state index contributed by atoms with van der Waals surface area (Å²) in [5.41, 5.74) is 3.84. The van der Waals surface area contributed by atoms with Crippen LogP contribution in [0.15, 0.2) is 30.5 Å². The molecule has 0 radical (unpaired) electrons. The Balaban J connectivity index is 1.70. The van der Waals surface area contributed by atoms with Crippen LogP contribution in [-0.2, 0) is 0 Å². The molecular weight excluding hydrogens is 312 g/mol. The SMILES string of the molecule is Cc1nc(-c2c(C#N)[nH]c3ccccc23)cnc1NC1CCCNC1. The Hall–Kier alpha value is -2.91. The van der Waals surface area contributed by atoms with Crippen LogP contribution in [0.25, 0.3) is 22.2 Å². The molecule has 3 aromatic rings. The van der Waals surface area contributed by atoms with Crippen LogP contribution in [0.1, 0.15) is 24.2 Å². The molecule has 126 valence electrons. The van der Waals surface area contributed by atoms with E-state index in [-0.39, 0.29) is 0 Å². The molecule has 2 aromatic heterocycles. The molecule has 0 saturated carbocycles. The monoisotopic (exact) mass is 332 g/mol. The lowest BCUT2D eigenvalue weighted by atomic mass is 10.1.